The van der Waals surface area contributed by atoms with E-state index in [4.69, 9.17) is 0 Å². The fourth-order valence-electron chi connectivity index (χ4n) is 3.29. The van der Waals surface area contributed by atoms with Gasteiger partial charge in [-0.05, 0) is 59.1 Å². The number of anilines is 1. The molecule has 3 aromatic heterocycles. The lowest BCUT2D eigenvalue weighted by Crippen LogP contribution is -2.43. The van der Waals surface area contributed by atoms with Crippen LogP contribution in [0.2, 0.25) is 0 Å². The van der Waals surface area contributed by atoms with Gasteiger partial charge in [0.2, 0.25) is 5.91 Å². The van der Waals surface area contributed by atoms with Crippen LogP contribution in [0.1, 0.15) is 23.2 Å². The molecule has 4 heterocycles. The molecule has 1 fully saturated rings. The average Bonchev–Trinajstić information content (AvgIpc) is 3.30. The first-order valence-electron chi connectivity index (χ1n) is 9.28. The second-order valence-electron chi connectivity index (χ2n) is 6.80. The third-order valence-corrected chi connectivity index (χ3v) is 5.26. The van der Waals surface area contributed by atoms with Crippen LogP contribution >= 0.6 is 15.9 Å². The smallest absolute Gasteiger partial charge is 0.255 e. The van der Waals surface area contributed by atoms with Crippen LogP contribution in [0.3, 0.4) is 0 Å². The van der Waals surface area contributed by atoms with Crippen LogP contribution in [0, 0.1) is 5.92 Å². The Morgan fingerprint density at radius 3 is 2.72 bits per heavy atom. The molecule has 0 radical (unpaired) electrons. The van der Waals surface area contributed by atoms with Gasteiger partial charge in [0.05, 0.1) is 11.5 Å². The monoisotopic (exact) mass is 454 g/mol. The number of pyridine rings is 2. The molecule has 1 aliphatic heterocycles. The van der Waals surface area contributed by atoms with Gasteiger partial charge < -0.3 is 10.2 Å². The van der Waals surface area contributed by atoms with Crippen LogP contribution in [0.5, 0.6) is 0 Å². The SMILES string of the molecule is O=C(Nc1ccc(Br)cn1)C1CCCN(C(=O)c2ccc(-n3cccn3)nc2)C1. The fraction of sp³-hybridized carbons (Fsp3) is 0.250. The summed E-state index contributed by atoms with van der Waals surface area (Å²) >= 11 is 3.32. The number of carbonyl (C=O) groups is 2. The van der Waals surface area contributed by atoms with E-state index in [9.17, 15) is 9.59 Å². The predicted molar refractivity (Wildman–Crippen MR) is 111 cm³/mol. The first kappa shape index (κ1) is 19.3. The minimum absolute atomic E-state index is 0.121. The Kier molecular flexibility index (Phi) is 5.66. The number of aromatic nitrogens is 4. The van der Waals surface area contributed by atoms with Gasteiger partial charge in [0, 0.05) is 42.3 Å². The van der Waals surface area contributed by atoms with Gasteiger partial charge >= 0.3 is 0 Å². The number of rotatable bonds is 4. The van der Waals surface area contributed by atoms with Crippen LogP contribution in [-0.4, -0.2) is 49.6 Å². The van der Waals surface area contributed by atoms with E-state index >= 15 is 0 Å². The van der Waals surface area contributed by atoms with Crippen LogP contribution in [0.4, 0.5) is 5.82 Å². The van der Waals surface area contributed by atoms with Gasteiger partial charge in [0.1, 0.15) is 5.82 Å². The van der Waals surface area contributed by atoms with Gasteiger partial charge in [-0.1, -0.05) is 0 Å². The minimum atomic E-state index is -0.269. The molecule has 148 valence electrons. The Morgan fingerprint density at radius 1 is 1.14 bits per heavy atom. The first-order chi connectivity index (χ1) is 14.1. The van der Waals surface area contributed by atoms with Crippen molar-refractivity contribution in [2.45, 2.75) is 12.8 Å². The number of halogens is 1. The van der Waals surface area contributed by atoms with E-state index in [0.717, 1.165) is 17.3 Å². The van der Waals surface area contributed by atoms with E-state index in [1.807, 2.05) is 12.1 Å². The number of amides is 2. The molecule has 1 saturated heterocycles. The Morgan fingerprint density at radius 2 is 2.03 bits per heavy atom. The molecule has 4 rings (SSSR count). The first-order valence-corrected chi connectivity index (χ1v) is 10.1. The zero-order valence-corrected chi connectivity index (χ0v) is 17.1. The van der Waals surface area contributed by atoms with Gasteiger partial charge in [-0.25, -0.2) is 14.6 Å². The number of nitrogens with one attached hydrogen (secondary N) is 1. The van der Waals surface area contributed by atoms with E-state index in [-0.39, 0.29) is 17.7 Å². The van der Waals surface area contributed by atoms with E-state index in [1.54, 1.807) is 52.6 Å². The summed E-state index contributed by atoms with van der Waals surface area (Å²) in [5.74, 6) is 0.632. The maximum atomic E-state index is 12.9. The van der Waals surface area contributed by atoms with Crippen molar-refractivity contribution in [1.82, 2.24) is 24.6 Å². The summed E-state index contributed by atoms with van der Waals surface area (Å²) in [5, 5.41) is 6.96. The fourth-order valence-corrected chi connectivity index (χ4v) is 3.52. The maximum Gasteiger partial charge on any atom is 0.255 e. The van der Waals surface area contributed by atoms with Crippen molar-refractivity contribution in [3.05, 3.63) is 65.2 Å². The van der Waals surface area contributed by atoms with Crippen LogP contribution in [-0.2, 0) is 4.79 Å². The maximum absolute atomic E-state index is 12.9. The van der Waals surface area contributed by atoms with Gasteiger partial charge in [-0.15, -0.1) is 0 Å². The predicted octanol–water partition coefficient (Wildman–Crippen LogP) is 2.92. The highest BCUT2D eigenvalue weighted by Gasteiger charge is 2.29. The Hall–Kier alpha value is -3.07. The molecule has 1 aliphatic rings. The van der Waals surface area contributed by atoms with Crippen molar-refractivity contribution < 1.29 is 9.59 Å². The molecule has 9 heteroatoms. The molecule has 0 spiro atoms. The van der Waals surface area contributed by atoms with Gasteiger partial charge in [0.25, 0.3) is 5.91 Å². The number of carbonyl (C=O) groups excluding carboxylic acids is 2. The number of likely N-dealkylation sites (tertiary alicyclic amines) is 1. The lowest BCUT2D eigenvalue weighted by molar-refractivity contribution is -0.121. The molecule has 3 aromatic rings. The molecule has 0 bridgehead atoms. The zero-order valence-electron chi connectivity index (χ0n) is 15.5. The van der Waals surface area contributed by atoms with Crippen LogP contribution < -0.4 is 5.32 Å². The number of hydrogen-bond acceptors (Lipinski definition) is 5. The summed E-state index contributed by atoms with van der Waals surface area (Å²) in [7, 11) is 0. The van der Waals surface area contributed by atoms with E-state index in [2.05, 4.69) is 36.3 Å². The summed E-state index contributed by atoms with van der Waals surface area (Å²) in [4.78, 5) is 35.7. The highest BCUT2D eigenvalue weighted by Crippen LogP contribution is 2.21. The van der Waals surface area contributed by atoms with E-state index < -0.39 is 0 Å². The third kappa shape index (κ3) is 4.51. The molecule has 2 amide bonds. The third-order valence-electron chi connectivity index (χ3n) is 4.79. The lowest BCUT2D eigenvalue weighted by Gasteiger charge is -2.32. The number of piperidine rings is 1. The highest BCUT2D eigenvalue weighted by atomic mass is 79.9. The van der Waals surface area contributed by atoms with Crippen LogP contribution in [0.15, 0.2) is 59.6 Å². The van der Waals surface area contributed by atoms with Crippen molar-refractivity contribution in [2.24, 2.45) is 5.92 Å². The quantitative estimate of drug-likeness (QED) is 0.653. The summed E-state index contributed by atoms with van der Waals surface area (Å²) in [6, 6.07) is 8.86. The average molecular weight is 455 g/mol. The van der Waals surface area contributed by atoms with Gasteiger partial charge in [-0.3, -0.25) is 9.59 Å². The largest absolute Gasteiger partial charge is 0.338 e. The number of nitrogens with zero attached hydrogens (tertiary/aromatic N) is 5. The molecular formula is C20H19BrN6O2. The Balaban J connectivity index is 1.40. The van der Waals surface area contributed by atoms with Crippen molar-refractivity contribution in [3.8, 4) is 5.82 Å². The normalized spacial score (nSPS) is 16.4. The molecule has 0 saturated carbocycles. The summed E-state index contributed by atoms with van der Waals surface area (Å²) in [6.45, 7) is 1.00. The molecular weight excluding hydrogens is 436 g/mol. The molecule has 0 aliphatic carbocycles. The van der Waals surface area contributed by atoms with Crippen molar-refractivity contribution in [2.75, 3.05) is 18.4 Å². The van der Waals surface area contributed by atoms with Crippen molar-refractivity contribution in [3.63, 3.8) is 0 Å². The second kappa shape index (κ2) is 8.52. The molecule has 0 aromatic carbocycles. The molecule has 29 heavy (non-hydrogen) atoms. The zero-order chi connectivity index (χ0) is 20.2. The van der Waals surface area contributed by atoms with E-state index in [0.29, 0.717) is 30.3 Å². The Labute approximate surface area is 176 Å². The van der Waals surface area contributed by atoms with E-state index in [1.165, 1.54) is 0 Å². The van der Waals surface area contributed by atoms with Crippen molar-refractivity contribution in [1.29, 1.82) is 0 Å². The minimum Gasteiger partial charge on any atom is -0.338 e. The summed E-state index contributed by atoms with van der Waals surface area (Å²) in [5.41, 5.74) is 0.497. The molecule has 1 unspecified atom stereocenters. The topological polar surface area (TPSA) is 93.0 Å². The standard InChI is InChI=1S/C20H19BrN6O2/c21-16-5-6-17(22-12-16)25-19(28)15-3-1-9-26(13-15)20(29)14-4-7-18(23-11-14)27-10-2-8-24-27/h2,4-8,10-12,15H,1,3,9,13H2,(H,22,25,28). The second-order valence-corrected chi connectivity index (χ2v) is 7.71. The lowest BCUT2D eigenvalue weighted by atomic mass is 9.96. The molecule has 1 atom stereocenters. The summed E-state index contributed by atoms with van der Waals surface area (Å²) < 4.78 is 2.48. The molecule has 1 N–H and O–H groups in total. The van der Waals surface area contributed by atoms with Gasteiger partial charge in [-0.2, -0.15) is 5.10 Å². The highest BCUT2D eigenvalue weighted by molar-refractivity contribution is 9.10. The van der Waals surface area contributed by atoms with Gasteiger partial charge in [0.15, 0.2) is 5.82 Å². The van der Waals surface area contributed by atoms with Crippen LogP contribution in [0.25, 0.3) is 5.82 Å². The van der Waals surface area contributed by atoms with Crippen molar-refractivity contribution >= 4 is 33.6 Å². The number of hydrogen-bond donors (Lipinski definition) is 1. The summed E-state index contributed by atoms with van der Waals surface area (Å²) in [6.07, 6.45) is 8.15. The Bertz CT molecular complexity index is 989. The molecule has 8 nitrogen and oxygen atoms in total.